The number of nitrogens with one attached hydrogen (secondary N) is 1. The Hall–Kier alpha value is -4.36. The zero-order valence-corrected chi connectivity index (χ0v) is 27.1. The number of anilines is 2. The number of unbranched alkanes of at least 4 members (excludes halogenated alkanes) is 1. The van der Waals surface area contributed by atoms with Gasteiger partial charge in [0.2, 0.25) is 0 Å². The molecule has 1 amide bonds. The van der Waals surface area contributed by atoms with Crippen LogP contribution in [0.4, 0.5) is 11.4 Å². The number of fused-ring (bicyclic) bond motifs is 1. The molecular weight excluding hydrogens is 560 g/mol. The first-order valence-corrected chi connectivity index (χ1v) is 16.3. The summed E-state index contributed by atoms with van der Waals surface area (Å²) in [5, 5.41) is 3.16. The molecule has 1 N–H and O–H groups in total. The topological polar surface area (TPSA) is 68.6 Å². The molecule has 0 aliphatic carbocycles. The molecule has 0 radical (unpaired) electrons. The number of aromatic nitrogens is 2. The van der Waals surface area contributed by atoms with Crippen molar-refractivity contribution in [3.8, 4) is 28.1 Å². The number of hydrogen-bond acceptors (Lipinski definition) is 5. The summed E-state index contributed by atoms with van der Waals surface area (Å²) in [4.78, 5) is 20.4. The first-order chi connectivity index (χ1) is 22.0. The Kier molecular flexibility index (Phi) is 11.1. The predicted molar refractivity (Wildman–Crippen MR) is 185 cm³/mol. The smallest absolute Gasteiger partial charge is 0.251 e. The second-order valence-corrected chi connectivity index (χ2v) is 11.7. The van der Waals surface area contributed by atoms with Crippen molar-refractivity contribution in [3.63, 3.8) is 0 Å². The first kappa shape index (κ1) is 32.0. The van der Waals surface area contributed by atoms with Crippen LogP contribution in [-0.4, -0.2) is 48.9 Å². The van der Waals surface area contributed by atoms with E-state index in [2.05, 4.69) is 89.2 Å². The average Bonchev–Trinajstić information content (AvgIpc) is 3.47. The van der Waals surface area contributed by atoms with Gasteiger partial charge in [0.25, 0.3) is 5.91 Å². The van der Waals surface area contributed by atoms with Gasteiger partial charge in [-0.15, -0.1) is 0 Å². The SMILES string of the molecule is CCCCOCCOc1ccc(-c2ccc3c(c2)/C=C(/C(=O)Nc2ccc(-c4c(C)ncn4CC)cc2)CCCCN3C)cc1. The average molecular weight is 607 g/mol. The van der Waals surface area contributed by atoms with Crippen LogP contribution in [0.5, 0.6) is 5.75 Å². The van der Waals surface area contributed by atoms with E-state index in [0.29, 0.717) is 13.2 Å². The molecule has 0 unspecified atom stereocenters. The van der Waals surface area contributed by atoms with Crippen molar-refractivity contribution < 1.29 is 14.3 Å². The molecule has 45 heavy (non-hydrogen) atoms. The van der Waals surface area contributed by atoms with Crippen LogP contribution in [0.15, 0.2) is 78.6 Å². The fraction of sp³-hybridized carbons (Fsp3) is 0.368. The lowest BCUT2D eigenvalue weighted by Crippen LogP contribution is -2.19. The van der Waals surface area contributed by atoms with Crippen molar-refractivity contribution >= 4 is 23.4 Å². The van der Waals surface area contributed by atoms with Gasteiger partial charge in [0.15, 0.2) is 0 Å². The Bertz CT molecular complexity index is 1590. The normalized spacial score (nSPS) is 14.5. The third-order valence-electron chi connectivity index (χ3n) is 8.35. The summed E-state index contributed by atoms with van der Waals surface area (Å²) in [6.07, 6.45) is 8.86. The maximum Gasteiger partial charge on any atom is 0.251 e. The Morgan fingerprint density at radius 3 is 2.42 bits per heavy atom. The molecule has 4 aromatic rings. The summed E-state index contributed by atoms with van der Waals surface area (Å²) in [5.74, 6) is 0.775. The highest BCUT2D eigenvalue weighted by Crippen LogP contribution is 2.32. The molecule has 0 saturated carbocycles. The molecule has 7 nitrogen and oxygen atoms in total. The number of imidazole rings is 1. The van der Waals surface area contributed by atoms with Crippen molar-refractivity contribution in [2.45, 2.75) is 59.4 Å². The maximum atomic E-state index is 13.6. The summed E-state index contributed by atoms with van der Waals surface area (Å²) in [7, 11) is 2.13. The van der Waals surface area contributed by atoms with Gasteiger partial charge in [-0.1, -0.05) is 43.7 Å². The number of amides is 1. The molecule has 236 valence electrons. The lowest BCUT2D eigenvalue weighted by atomic mass is 9.98. The molecule has 0 bridgehead atoms. The summed E-state index contributed by atoms with van der Waals surface area (Å²) in [6.45, 7) is 10.0. The van der Waals surface area contributed by atoms with E-state index in [1.807, 2.05) is 37.5 Å². The molecule has 0 fully saturated rings. The van der Waals surface area contributed by atoms with E-state index in [0.717, 1.165) is 108 Å². The third-order valence-corrected chi connectivity index (χ3v) is 8.35. The van der Waals surface area contributed by atoms with Crippen LogP contribution < -0.4 is 15.0 Å². The molecule has 1 aromatic heterocycles. The number of carbonyl (C=O) groups is 1. The molecular formula is C38H46N4O3. The minimum atomic E-state index is -0.0568. The number of nitrogens with zero attached hydrogens (tertiary/aromatic N) is 3. The molecule has 2 heterocycles. The second kappa shape index (κ2) is 15.6. The highest BCUT2D eigenvalue weighted by atomic mass is 16.5. The Labute approximate surface area is 267 Å². The molecule has 3 aromatic carbocycles. The Balaban J connectivity index is 1.32. The number of carbonyl (C=O) groups excluding carboxylic acids is 1. The van der Waals surface area contributed by atoms with Gasteiger partial charge in [0, 0.05) is 49.3 Å². The van der Waals surface area contributed by atoms with Gasteiger partial charge in [-0.05, 0) is 98.7 Å². The number of aryl methyl sites for hydroxylation is 2. The molecule has 5 rings (SSSR count). The quantitative estimate of drug-likeness (QED) is 0.164. The number of hydrogen-bond donors (Lipinski definition) is 1. The summed E-state index contributed by atoms with van der Waals surface area (Å²) in [6, 6.07) is 22.8. The highest BCUT2D eigenvalue weighted by Gasteiger charge is 2.17. The van der Waals surface area contributed by atoms with E-state index >= 15 is 0 Å². The lowest BCUT2D eigenvalue weighted by Gasteiger charge is -2.21. The van der Waals surface area contributed by atoms with Crippen LogP contribution in [0.3, 0.4) is 0 Å². The summed E-state index contributed by atoms with van der Waals surface area (Å²) in [5.41, 5.74) is 9.15. The van der Waals surface area contributed by atoms with Crippen LogP contribution in [-0.2, 0) is 16.1 Å². The Morgan fingerprint density at radius 2 is 1.67 bits per heavy atom. The molecule has 0 atom stereocenters. The molecule has 0 saturated heterocycles. The van der Waals surface area contributed by atoms with Crippen LogP contribution in [0, 0.1) is 6.92 Å². The molecule has 7 heteroatoms. The fourth-order valence-corrected chi connectivity index (χ4v) is 5.75. The number of ether oxygens (including phenoxy) is 2. The second-order valence-electron chi connectivity index (χ2n) is 11.7. The standard InChI is InChI=1S/C38H46N4O3/c1-5-7-22-44-23-24-45-35-18-13-29(14-19-35)31-15-20-36-33(25-31)26-32(10-8-9-21-41(36)4)38(43)40-34-16-11-30(12-17-34)37-28(3)39-27-42(37)6-2/h11-20,25-27H,5-10,21-24H2,1-4H3,(H,40,43)/b32-26+. The van der Waals surface area contributed by atoms with E-state index in [4.69, 9.17) is 9.47 Å². The van der Waals surface area contributed by atoms with Gasteiger partial charge in [-0.25, -0.2) is 4.98 Å². The van der Waals surface area contributed by atoms with Crippen LogP contribution in [0.25, 0.3) is 28.5 Å². The first-order valence-electron chi connectivity index (χ1n) is 16.3. The van der Waals surface area contributed by atoms with Crippen LogP contribution >= 0.6 is 0 Å². The van der Waals surface area contributed by atoms with Crippen LogP contribution in [0.2, 0.25) is 0 Å². The van der Waals surface area contributed by atoms with E-state index in [1.165, 1.54) is 0 Å². The van der Waals surface area contributed by atoms with Crippen molar-refractivity contribution in [2.24, 2.45) is 0 Å². The van der Waals surface area contributed by atoms with Crippen molar-refractivity contribution in [3.05, 3.63) is 89.9 Å². The van der Waals surface area contributed by atoms with Crippen molar-refractivity contribution in [1.29, 1.82) is 0 Å². The molecule has 1 aliphatic heterocycles. The van der Waals surface area contributed by atoms with E-state index in [1.54, 1.807) is 0 Å². The highest BCUT2D eigenvalue weighted by molar-refractivity contribution is 6.07. The Morgan fingerprint density at radius 1 is 0.911 bits per heavy atom. The largest absolute Gasteiger partial charge is 0.491 e. The van der Waals surface area contributed by atoms with Gasteiger partial charge in [-0.3, -0.25) is 4.79 Å². The van der Waals surface area contributed by atoms with Gasteiger partial charge in [-0.2, -0.15) is 0 Å². The third kappa shape index (κ3) is 8.22. The van der Waals surface area contributed by atoms with Crippen molar-refractivity contribution in [2.75, 3.05) is 43.6 Å². The summed E-state index contributed by atoms with van der Waals surface area (Å²) < 4.78 is 13.6. The maximum absolute atomic E-state index is 13.6. The zero-order chi connectivity index (χ0) is 31.6. The summed E-state index contributed by atoms with van der Waals surface area (Å²) >= 11 is 0. The van der Waals surface area contributed by atoms with Gasteiger partial charge >= 0.3 is 0 Å². The molecule has 0 spiro atoms. The van der Waals surface area contributed by atoms with Gasteiger partial charge < -0.3 is 24.3 Å². The molecule has 1 aliphatic rings. The van der Waals surface area contributed by atoms with E-state index in [9.17, 15) is 4.79 Å². The van der Waals surface area contributed by atoms with E-state index in [-0.39, 0.29) is 5.91 Å². The van der Waals surface area contributed by atoms with Crippen molar-refractivity contribution in [1.82, 2.24) is 9.55 Å². The minimum Gasteiger partial charge on any atom is -0.491 e. The lowest BCUT2D eigenvalue weighted by molar-refractivity contribution is -0.112. The monoisotopic (exact) mass is 606 g/mol. The van der Waals surface area contributed by atoms with Crippen LogP contribution in [0.1, 0.15) is 57.2 Å². The fourth-order valence-electron chi connectivity index (χ4n) is 5.75. The number of rotatable bonds is 12. The minimum absolute atomic E-state index is 0.0568. The van der Waals surface area contributed by atoms with E-state index < -0.39 is 0 Å². The van der Waals surface area contributed by atoms with Gasteiger partial charge in [0.05, 0.1) is 24.3 Å². The number of benzene rings is 3. The zero-order valence-electron chi connectivity index (χ0n) is 27.1. The predicted octanol–water partition coefficient (Wildman–Crippen LogP) is 8.38. The van der Waals surface area contributed by atoms with Gasteiger partial charge in [0.1, 0.15) is 12.4 Å².